The third-order valence-electron chi connectivity index (χ3n) is 3.93. The smallest absolute Gasteiger partial charge is 0.212 e. The average molecular weight is 385 g/mol. The number of rotatable bonds is 5. The van der Waals surface area contributed by atoms with Crippen molar-refractivity contribution in [1.82, 2.24) is 14.9 Å². The van der Waals surface area contributed by atoms with Gasteiger partial charge in [0.05, 0.1) is 12.3 Å². The van der Waals surface area contributed by atoms with Crippen LogP contribution in [-0.4, -0.2) is 32.9 Å². The van der Waals surface area contributed by atoms with Gasteiger partial charge in [-0.2, -0.15) is 9.78 Å². The monoisotopic (exact) mass is 384 g/mol. The lowest BCUT2D eigenvalue weighted by molar-refractivity contribution is 0.317. The minimum absolute atomic E-state index is 0.713. The molecule has 132 valence electrons. The van der Waals surface area contributed by atoms with Gasteiger partial charge >= 0.3 is 0 Å². The molecule has 0 amide bonds. The molecule has 0 bridgehead atoms. The molecule has 4 rings (SSSR count). The van der Waals surface area contributed by atoms with Crippen LogP contribution >= 0.6 is 23.4 Å². The van der Waals surface area contributed by atoms with Gasteiger partial charge < -0.3 is 4.74 Å². The average Bonchev–Trinajstić information content (AvgIpc) is 3.10. The highest BCUT2D eigenvalue weighted by Crippen LogP contribution is 2.29. The van der Waals surface area contributed by atoms with Crippen LogP contribution in [0.5, 0.6) is 5.75 Å². The first-order valence-corrected chi connectivity index (χ1v) is 9.76. The molecule has 0 atom stereocenters. The number of fused-ring (bicyclic) bond motifs is 1. The van der Waals surface area contributed by atoms with Crippen molar-refractivity contribution in [3.05, 3.63) is 59.1 Å². The lowest BCUT2D eigenvalue weighted by Gasteiger charge is -2.14. The maximum absolute atomic E-state index is 5.98. The summed E-state index contributed by atoms with van der Waals surface area (Å²) in [5.74, 6) is 2.33. The van der Waals surface area contributed by atoms with Gasteiger partial charge in [0.25, 0.3) is 0 Å². The van der Waals surface area contributed by atoms with Crippen LogP contribution in [0, 0.1) is 0 Å². The number of nitrogens with zero attached hydrogens (tertiary/aromatic N) is 4. The molecule has 0 spiro atoms. The number of ether oxygens (including phenoxy) is 1. The standard InChI is InChI=1S/C19H17ClN4OS/c1-2-11-25-16-9-5-14(6-10-16)18-21-22-19-24(18)23-17(12-26-19)13-3-7-15(20)8-4-13/h3-10H,2,11-12H2,1H3. The number of aromatic nitrogens is 3. The van der Waals surface area contributed by atoms with E-state index >= 15 is 0 Å². The summed E-state index contributed by atoms with van der Waals surface area (Å²) in [6.45, 7) is 2.80. The SMILES string of the molecule is CCCOc1ccc(-c2nnc3n2N=C(c2ccc(Cl)cc2)CS3)cc1. The molecule has 3 aromatic rings. The second kappa shape index (κ2) is 7.51. The van der Waals surface area contributed by atoms with Crippen molar-refractivity contribution < 1.29 is 4.74 Å². The van der Waals surface area contributed by atoms with E-state index in [9.17, 15) is 0 Å². The Kier molecular flexibility index (Phi) is 4.95. The number of thioether (sulfide) groups is 1. The molecular formula is C19H17ClN4OS. The second-order valence-corrected chi connectivity index (χ2v) is 7.21. The minimum atomic E-state index is 0.713. The second-order valence-electron chi connectivity index (χ2n) is 5.83. The summed E-state index contributed by atoms with van der Waals surface area (Å²) in [6, 6.07) is 15.6. The molecule has 26 heavy (non-hydrogen) atoms. The molecule has 0 radical (unpaired) electrons. The van der Waals surface area contributed by atoms with Crippen molar-refractivity contribution in [2.45, 2.75) is 18.5 Å². The van der Waals surface area contributed by atoms with Gasteiger partial charge in [0.15, 0.2) is 5.82 Å². The van der Waals surface area contributed by atoms with E-state index in [1.807, 2.05) is 48.5 Å². The van der Waals surface area contributed by atoms with Gasteiger partial charge in [0, 0.05) is 16.3 Å². The molecule has 2 aromatic carbocycles. The Balaban J connectivity index is 1.65. The van der Waals surface area contributed by atoms with E-state index < -0.39 is 0 Å². The van der Waals surface area contributed by atoms with Crippen molar-refractivity contribution in [2.75, 3.05) is 12.4 Å². The molecule has 0 unspecified atom stereocenters. The van der Waals surface area contributed by atoms with E-state index in [0.717, 1.165) is 45.7 Å². The third kappa shape index (κ3) is 3.48. The van der Waals surface area contributed by atoms with Gasteiger partial charge in [0.1, 0.15) is 5.75 Å². The Morgan fingerprint density at radius 2 is 1.77 bits per heavy atom. The molecular weight excluding hydrogens is 368 g/mol. The van der Waals surface area contributed by atoms with Gasteiger partial charge in [0.2, 0.25) is 5.16 Å². The summed E-state index contributed by atoms with van der Waals surface area (Å²) in [7, 11) is 0. The Morgan fingerprint density at radius 1 is 1.04 bits per heavy atom. The quantitative estimate of drug-likeness (QED) is 0.637. The molecule has 0 saturated heterocycles. The van der Waals surface area contributed by atoms with E-state index in [2.05, 4.69) is 17.1 Å². The molecule has 2 heterocycles. The molecule has 1 aliphatic heterocycles. The van der Waals surface area contributed by atoms with E-state index in [1.54, 1.807) is 16.4 Å². The Labute approximate surface area is 161 Å². The Bertz CT molecular complexity index is 935. The van der Waals surface area contributed by atoms with Gasteiger partial charge in [-0.1, -0.05) is 42.4 Å². The fourth-order valence-corrected chi connectivity index (χ4v) is 3.58. The summed E-state index contributed by atoms with van der Waals surface area (Å²) in [5, 5.41) is 14.9. The molecule has 0 aliphatic carbocycles. The number of hydrogen-bond donors (Lipinski definition) is 0. The summed E-state index contributed by atoms with van der Waals surface area (Å²) >= 11 is 7.61. The molecule has 7 heteroatoms. The van der Waals surface area contributed by atoms with E-state index in [-0.39, 0.29) is 0 Å². The van der Waals surface area contributed by atoms with E-state index in [4.69, 9.17) is 21.4 Å². The van der Waals surface area contributed by atoms with Crippen LogP contribution in [0.25, 0.3) is 11.4 Å². The van der Waals surface area contributed by atoms with Crippen molar-refractivity contribution >= 4 is 29.1 Å². The van der Waals surface area contributed by atoms with Gasteiger partial charge in [-0.15, -0.1) is 10.2 Å². The first kappa shape index (κ1) is 17.1. The zero-order valence-corrected chi connectivity index (χ0v) is 15.8. The highest BCUT2D eigenvalue weighted by Gasteiger charge is 2.20. The minimum Gasteiger partial charge on any atom is -0.494 e. The molecule has 1 aromatic heterocycles. The molecule has 0 fully saturated rings. The molecule has 0 N–H and O–H groups in total. The van der Waals surface area contributed by atoms with Crippen molar-refractivity contribution in [3.8, 4) is 17.1 Å². The van der Waals surface area contributed by atoms with Crippen LogP contribution in [-0.2, 0) is 0 Å². The fraction of sp³-hybridized carbons (Fsp3) is 0.211. The molecule has 0 saturated carbocycles. The van der Waals surface area contributed by atoms with Gasteiger partial charge in [-0.3, -0.25) is 0 Å². The lowest BCUT2D eigenvalue weighted by atomic mass is 10.1. The van der Waals surface area contributed by atoms with Crippen LogP contribution < -0.4 is 4.74 Å². The highest BCUT2D eigenvalue weighted by molar-refractivity contribution is 7.99. The first-order chi connectivity index (χ1) is 12.7. The predicted molar refractivity (Wildman–Crippen MR) is 105 cm³/mol. The van der Waals surface area contributed by atoms with Crippen LogP contribution in [0.15, 0.2) is 58.8 Å². The summed E-state index contributed by atoms with van der Waals surface area (Å²) in [4.78, 5) is 0. The van der Waals surface area contributed by atoms with Crippen LogP contribution in [0.2, 0.25) is 5.02 Å². The van der Waals surface area contributed by atoms with Crippen molar-refractivity contribution in [1.29, 1.82) is 0 Å². The molecule has 5 nitrogen and oxygen atoms in total. The lowest BCUT2D eigenvalue weighted by Crippen LogP contribution is -2.13. The zero-order chi connectivity index (χ0) is 17.9. The number of hydrogen-bond acceptors (Lipinski definition) is 5. The van der Waals surface area contributed by atoms with Gasteiger partial charge in [-0.25, -0.2) is 0 Å². The number of benzene rings is 2. The maximum Gasteiger partial charge on any atom is 0.212 e. The van der Waals surface area contributed by atoms with Crippen molar-refractivity contribution in [3.63, 3.8) is 0 Å². The summed E-state index contributed by atoms with van der Waals surface area (Å²) in [5.41, 5.74) is 2.98. The topological polar surface area (TPSA) is 52.3 Å². The maximum atomic E-state index is 5.98. The zero-order valence-electron chi connectivity index (χ0n) is 14.2. The van der Waals surface area contributed by atoms with Crippen LogP contribution in [0.4, 0.5) is 0 Å². The normalized spacial score (nSPS) is 13.2. The molecule has 1 aliphatic rings. The van der Waals surface area contributed by atoms with E-state index in [0.29, 0.717) is 11.6 Å². The third-order valence-corrected chi connectivity index (χ3v) is 5.12. The van der Waals surface area contributed by atoms with Gasteiger partial charge in [-0.05, 0) is 48.4 Å². The Morgan fingerprint density at radius 3 is 2.50 bits per heavy atom. The van der Waals surface area contributed by atoms with Crippen LogP contribution in [0.1, 0.15) is 18.9 Å². The van der Waals surface area contributed by atoms with Crippen LogP contribution in [0.3, 0.4) is 0 Å². The predicted octanol–water partition coefficient (Wildman–Crippen LogP) is 4.75. The van der Waals surface area contributed by atoms with Crippen molar-refractivity contribution in [2.24, 2.45) is 5.10 Å². The van der Waals surface area contributed by atoms with E-state index in [1.165, 1.54) is 0 Å². The Hall–Kier alpha value is -2.31. The first-order valence-electron chi connectivity index (χ1n) is 8.40. The highest BCUT2D eigenvalue weighted by atomic mass is 35.5. The summed E-state index contributed by atoms with van der Waals surface area (Å²) < 4.78 is 7.44. The summed E-state index contributed by atoms with van der Waals surface area (Å²) in [6.07, 6.45) is 0.985. The number of halogens is 1. The fourth-order valence-electron chi connectivity index (χ4n) is 2.61. The largest absolute Gasteiger partial charge is 0.494 e.